The van der Waals surface area contributed by atoms with Crippen molar-refractivity contribution in [1.82, 2.24) is 5.32 Å². The van der Waals surface area contributed by atoms with Gasteiger partial charge in [-0.05, 0) is 12.1 Å². The zero-order valence-corrected chi connectivity index (χ0v) is 7.42. The van der Waals surface area contributed by atoms with Crippen molar-refractivity contribution in [2.45, 2.75) is 19.6 Å². The third-order valence-electron chi connectivity index (χ3n) is 1.62. The largest absolute Gasteiger partial charge is 0.462 e. The molecule has 0 saturated heterocycles. The topological polar surface area (TPSA) is 45.4 Å². The minimum absolute atomic E-state index is 0.0512. The molecule has 3 heteroatoms. The summed E-state index contributed by atoms with van der Waals surface area (Å²) in [7, 11) is 0. The Labute approximate surface area is 77.8 Å². The first-order valence-corrected chi connectivity index (χ1v) is 4.19. The van der Waals surface area contributed by atoms with Crippen LogP contribution in [-0.4, -0.2) is 11.7 Å². The Bertz CT molecular complexity index is 285. The summed E-state index contributed by atoms with van der Waals surface area (Å²) >= 11 is 0. The zero-order chi connectivity index (χ0) is 9.52. The molecule has 1 aromatic rings. The first-order chi connectivity index (χ1) is 6.36. The zero-order valence-electron chi connectivity index (χ0n) is 7.42. The summed E-state index contributed by atoms with van der Waals surface area (Å²) in [6.45, 7) is 1.39. The summed E-state index contributed by atoms with van der Waals surface area (Å²) in [4.78, 5) is 0. The van der Waals surface area contributed by atoms with Gasteiger partial charge in [0.25, 0.3) is 0 Å². The Morgan fingerprint density at radius 1 is 1.46 bits per heavy atom. The summed E-state index contributed by atoms with van der Waals surface area (Å²) in [5.74, 6) is 3.95. The van der Waals surface area contributed by atoms with Crippen LogP contribution in [0.1, 0.15) is 17.9 Å². The molecule has 0 radical (unpaired) electrons. The monoisotopic (exact) mass is 179 g/mol. The third kappa shape index (κ3) is 3.32. The molecule has 1 aromatic heterocycles. The van der Waals surface area contributed by atoms with E-state index in [4.69, 9.17) is 15.9 Å². The van der Waals surface area contributed by atoms with Crippen LogP contribution >= 0.6 is 0 Å². The van der Waals surface area contributed by atoms with Crippen LogP contribution < -0.4 is 5.32 Å². The molecule has 0 aromatic carbocycles. The normalized spacial score (nSPS) is 9.85. The fourth-order valence-corrected chi connectivity index (χ4v) is 0.974. The standard InChI is InChI=1S/C10H13NO2/c1-2-3-6-11-7-9-4-5-10(8-12)13-9/h1,4-5,11-12H,3,6-8H2. The highest BCUT2D eigenvalue weighted by Crippen LogP contribution is 2.06. The molecule has 0 amide bonds. The maximum Gasteiger partial charge on any atom is 0.129 e. The predicted molar refractivity (Wildman–Crippen MR) is 49.8 cm³/mol. The number of furan rings is 1. The van der Waals surface area contributed by atoms with E-state index < -0.39 is 0 Å². The van der Waals surface area contributed by atoms with Gasteiger partial charge < -0.3 is 14.8 Å². The molecule has 1 heterocycles. The summed E-state index contributed by atoms with van der Waals surface area (Å²) in [6.07, 6.45) is 5.80. The number of hydrogen-bond acceptors (Lipinski definition) is 3. The number of rotatable bonds is 5. The Hall–Kier alpha value is -1.24. The van der Waals surface area contributed by atoms with Gasteiger partial charge in [-0.2, -0.15) is 0 Å². The molecule has 0 aliphatic rings. The Morgan fingerprint density at radius 3 is 2.85 bits per heavy atom. The van der Waals surface area contributed by atoms with Gasteiger partial charge in [0, 0.05) is 13.0 Å². The molecule has 0 aliphatic carbocycles. The van der Waals surface area contributed by atoms with Crippen LogP contribution in [0.4, 0.5) is 0 Å². The van der Waals surface area contributed by atoms with Crippen molar-refractivity contribution in [3.8, 4) is 12.3 Å². The molecule has 13 heavy (non-hydrogen) atoms. The molecule has 70 valence electrons. The van der Waals surface area contributed by atoms with Gasteiger partial charge in [0.15, 0.2) is 0 Å². The van der Waals surface area contributed by atoms with Crippen molar-refractivity contribution in [3.63, 3.8) is 0 Å². The lowest BCUT2D eigenvalue weighted by Crippen LogP contribution is -2.13. The van der Waals surface area contributed by atoms with Crippen LogP contribution in [0.5, 0.6) is 0 Å². The molecule has 3 nitrogen and oxygen atoms in total. The smallest absolute Gasteiger partial charge is 0.129 e. The summed E-state index contributed by atoms with van der Waals surface area (Å²) in [6, 6.07) is 3.60. The molecule has 0 aliphatic heterocycles. The van der Waals surface area contributed by atoms with Crippen LogP contribution in [0.25, 0.3) is 0 Å². The van der Waals surface area contributed by atoms with Gasteiger partial charge in [0.05, 0.1) is 6.54 Å². The Morgan fingerprint density at radius 2 is 2.23 bits per heavy atom. The number of aliphatic hydroxyl groups excluding tert-OH is 1. The second-order valence-corrected chi connectivity index (χ2v) is 2.66. The molecule has 0 fully saturated rings. The molecule has 0 spiro atoms. The summed E-state index contributed by atoms with van der Waals surface area (Å²) in [5, 5.41) is 11.8. The van der Waals surface area contributed by atoms with Gasteiger partial charge in [-0.25, -0.2) is 0 Å². The van der Waals surface area contributed by atoms with Crippen LogP contribution in [0.3, 0.4) is 0 Å². The van der Waals surface area contributed by atoms with Gasteiger partial charge in [0.1, 0.15) is 18.1 Å². The van der Waals surface area contributed by atoms with Crippen molar-refractivity contribution < 1.29 is 9.52 Å². The van der Waals surface area contributed by atoms with Crippen LogP contribution in [0.15, 0.2) is 16.5 Å². The van der Waals surface area contributed by atoms with Crippen molar-refractivity contribution in [3.05, 3.63) is 23.7 Å². The van der Waals surface area contributed by atoms with E-state index in [0.717, 1.165) is 12.3 Å². The second kappa shape index (κ2) is 5.41. The van der Waals surface area contributed by atoms with Crippen molar-refractivity contribution in [2.24, 2.45) is 0 Å². The van der Waals surface area contributed by atoms with Gasteiger partial charge >= 0.3 is 0 Å². The van der Waals surface area contributed by atoms with E-state index in [0.29, 0.717) is 18.7 Å². The van der Waals surface area contributed by atoms with Crippen molar-refractivity contribution >= 4 is 0 Å². The average Bonchev–Trinajstić information content (AvgIpc) is 2.60. The van der Waals surface area contributed by atoms with E-state index >= 15 is 0 Å². The van der Waals surface area contributed by atoms with Gasteiger partial charge in [-0.3, -0.25) is 0 Å². The minimum atomic E-state index is -0.0512. The lowest BCUT2D eigenvalue weighted by atomic mass is 10.4. The highest BCUT2D eigenvalue weighted by molar-refractivity contribution is 5.06. The molecular weight excluding hydrogens is 166 g/mol. The van der Waals surface area contributed by atoms with Gasteiger partial charge in [-0.1, -0.05) is 0 Å². The van der Waals surface area contributed by atoms with Gasteiger partial charge in [0.2, 0.25) is 0 Å². The van der Waals surface area contributed by atoms with Crippen LogP contribution in [0.2, 0.25) is 0 Å². The van der Waals surface area contributed by atoms with E-state index in [9.17, 15) is 0 Å². The number of nitrogens with one attached hydrogen (secondary N) is 1. The fourth-order valence-electron chi connectivity index (χ4n) is 0.974. The molecule has 0 atom stereocenters. The maximum absolute atomic E-state index is 8.72. The van der Waals surface area contributed by atoms with E-state index in [2.05, 4.69) is 11.2 Å². The predicted octanol–water partition coefficient (Wildman–Crippen LogP) is 0.885. The molecular formula is C10H13NO2. The number of aliphatic hydroxyl groups is 1. The first-order valence-electron chi connectivity index (χ1n) is 4.19. The molecule has 1 rings (SSSR count). The average molecular weight is 179 g/mol. The lowest BCUT2D eigenvalue weighted by Gasteiger charge is -1.98. The third-order valence-corrected chi connectivity index (χ3v) is 1.62. The van der Waals surface area contributed by atoms with E-state index in [1.807, 2.05) is 6.07 Å². The quantitative estimate of drug-likeness (QED) is 0.521. The molecule has 0 unspecified atom stereocenters. The highest BCUT2D eigenvalue weighted by atomic mass is 16.4. The fraction of sp³-hybridized carbons (Fsp3) is 0.400. The molecule has 0 saturated carbocycles. The van der Waals surface area contributed by atoms with Crippen molar-refractivity contribution in [1.29, 1.82) is 0 Å². The van der Waals surface area contributed by atoms with Gasteiger partial charge in [-0.15, -0.1) is 12.3 Å². The molecule has 0 bridgehead atoms. The van der Waals surface area contributed by atoms with E-state index in [1.165, 1.54) is 0 Å². The minimum Gasteiger partial charge on any atom is -0.462 e. The van der Waals surface area contributed by atoms with Crippen molar-refractivity contribution in [2.75, 3.05) is 6.54 Å². The Balaban J connectivity index is 2.25. The molecule has 2 N–H and O–H groups in total. The van der Waals surface area contributed by atoms with Crippen LogP contribution in [-0.2, 0) is 13.2 Å². The SMILES string of the molecule is C#CCCNCc1ccc(CO)o1. The van der Waals surface area contributed by atoms with Crippen LogP contribution in [0, 0.1) is 12.3 Å². The van der Waals surface area contributed by atoms with E-state index in [1.54, 1.807) is 6.07 Å². The summed E-state index contributed by atoms with van der Waals surface area (Å²) in [5.41, 5.74) is 0. The first kappa shape index (κ1) is 9.85. The maximum atomic E-state index is 8.72. The van der Waals surface area contributed by atoms with E-state index in [-0.39, 0.29) is 6.61 Å². The Kier molecular flexibility index (Phi) is 4.10. The highest BCUT2D eigenvalue weighted by Gasteiger charge is 1.99. The summed E-state index contributed by atoms with van der Waals surface area (Å²) < 4.78 is 5.25. The number of terminal acetylenes is 1. The second-order valence-electron chi connectivity index (χ2n) is 2.66. The lowest BCUT2D eigenvalue weighted by molar-refractivity contribution is 0.243. The number of hydrogen-bond donors (Lipinski definition) is 2.